The lowest BCUT2D eigenvalue weighted by atomic mass is 9.71. The molecule has 5 heterocycles. The first-order valence-corrected chi connectivity index (χ1v) is 13.8. The Bertz CT molecular complexity index is 1380. The number of amides is 2. The number of nitrogens with zero attached hydrogens (tertiary/aromatic N) is 7. The molecule has 2 saturated heterocycles. The molecule has 3 aromatic heterocycles. The van der Waals surface area contributed by atoms with Crippen molar-refractivity contribution in [3.63, 3.8) is 0 Å². The number of benzene rings is 1. The van der Waals surface area contributed by atoms with Gasteiger partial charge in [-0.15, -0.1) is 0 Å². The molecule has 41 heavy (non-hydrogen) atoms. The Morgan fingerprint density at radius 2 is 1.15 bits per heavy atom. The first-order chi connectivity index (χ1) is 20.1. The van der Waals surface area contributed by atoms with Crippen LogP contribution in [-0.2, 0) is 0 Å². The van der Waals surface area contributed by atoms with E-state index >= 15 is 0 Å². The van der Waals surface area contributed by atoms with Gasteiger partial charge in [-0.1, -0.05) is 24.3 Å². The van der Waals surface area contributed by atoms with E-state index in [1.54, 1.807) is 30.7 Å². The highest BCUT2D eigenvalue weighted by atomic mass is 16.2. The molecule has 0 atom stereocenters. The average molecular weight is 550 g/mol. The van der Waals surface area contributed by atoms with Crippen molar-refractivity contribution < 1.29 is 9.59 Å². The van der Waals surface area contributed by atoms with Gasteiger partial charge in [-0.25, -0.2) is 24.9 Å². The van der Waals surface area contributed by atoms with Crippen LogP contribution in [0.25, 0.3) is 0 Å². The molecule has 2 N–H and O–H groups in total. The Labute approximate surface area is 238 Å². The van der Waals surface area contributed by atoms with E-state index in [2.05, 4.69) is 35.6 Å². The molecule has 2 fully saturated rings. The fourth-order valence-electron chi connectivity index (χ4n) is 5.47. The molecule has 0 bridgehead atoms. The molecule has 1 spiro atoms. The Kier molecular flexibility index (Phi) is 7.48. The lowest BCUT2D eigenvalue weighted by Gasteiger charge is -2.46. The number of rotatable bonds is 6. The highest BCUT2D eigenvalue weighted by molar-refractivity contribution is 5.93. The van der Waals surface area contributed by atoms with Crippen molar-refractivity contribution in [1.29, 1.82) is 0 Å². The van der Waals surface area contributed by atoms with Crippen molar-refractivity contribution in [1.82, 2.24) is 34.7 Å². The van der Waals surface area contributed by atoms with Crippen LogP contribution in [-0.4, -0.2) is 72.7 Å². The minimum Gasteiger partial charge on any atom is -0.337 e. The summed E-state index contributed by atoms with van der Waals surface area (Å²) in [6, 6.07) is 18.5. The van der Waals surface area contributed by atoms with Gasteiger partial charge in [0.1, 0.15) is 17.2 Å². The number of nitrogens with one attached hydrogen (secondary N) is 2. The summed E-state index contributed by atoms with van der Waals surface area (Å²) in [6.45, 7) is 2.68. The van der Waals surface area contributed by atoms with Crippen molar-refractivity contribution in [2.75, 3.05) is 36.8 Å². The lowest BCUT2D eigenvalue weighted by molar-refractivity contribution is 0.0276. The summed E-state index contributed by atoms with van der Waals surface area (Å²) in [5.41, 5.74) is 1.75. The minimum absolute atomic E-state index is 0.0788. The van der Waals surface area contributed by atoms with E-state index in [-0.39, 0.29) is 17.2 Å². The molecule has 11 heteroatoms. The van der Waals surface area contributed by atoms with E-state index in [4.69, 9.17) is 0 Å². The summed E-state index contributed by atoms with van der Waals surface area (Å²) in [5.74, 6) is 1.18. The number of pyridine rings is 1. The molecular formula is C30H31N9O2. The van der Waals surface area contributed by atoms with Crippen molar-refractivity contribution in [3.8, 4) is 0 Å². The van der Waals surface area contributed by atoms with Crippen LogP contribution in [0.4, 0.5) is 23.4 Å². The third-order valence-corrected chi connectivity index (χ3v) is 7.91. The van der Waals surface area contributed by atoms with Gasteiger partial charge in [0.05, 0.1) is 0 Å². The number of carbonyl (C=O) groups excluding carboxylic acids is 2. The van der Waals surface area contributed by atoms with Gasteiger partial charge < -0.3 is 20.4 Å². The van der Waals surface area contributed by atoms with Crippen LogP contribution in [0.5, 0.6) is 0 Å². The number of para-hydroxylation sites is 1. The summed E-state index contributed by atoms with van der Waals surface area (Å²) in [7, 11) is 0. The van der Waals surface area contributed by atoms with Gasteiger partial charge in [-0.3, -0.25) is 9.59 Å². The van der Waals surface area contributed by atoms with Crippen LogP contribution in [0.15, 0.2) is 79.3 Å². The topological polar surface area (TPSA) is 129 Å². The maximum Gasteiger partial charge on any atom is 0.272 e. The van der Waals surface area contributed by atoms with E-state index in [9.17, 15) is 9.59 Å². The van der Waals surface area contributed by atoms with Gasteiger partial charge in [0.25, 0.3) is 11.8 Å². The average Bonchev–Trinajstić information content (AvgIpc) is 3.02. The standard InChI is InChI=1S/C30H31N9O2/c40-26(23-9-16-32-28(35-23)34-22-6-2-1-3-7-22)38-18-11-30(12-19-38)13-20-39(21-14-30)27(41)24-10-17-33-29(36-24)37-25-8-4-5-15-31-25/h1-10,15-17H,11-14,18-21H2,(H,32,34,35)(H,31,33,36,37). The molecule has 0 aliphatic carbocycles. The molecule has 208 valence electrons. The van der Waals surface area contributed by atoms with Crippen molar-refractivity contribution in [3.05, 3.63) is 90.6 Å². The molecule has 4 aromatic rings. The Morgan fingerprint density at radius 3 is 1.68 bits per heavy atom. The van der Waals surface area contributed by atoms with Gasteiger partial charge in [0.15, 0.2) is 0 Å². The maximum absolute atomic E-state index is 13.3. The van der Waals surface area contributed by atoms with Gasteiger partial charge in [0, 0.05) is 50.5 Å². The van der Waals surface area contributed by atoms with Crippen LogP contribution < -0.4 is 10.6 Å². The maximum atomic E-state index is 13.3. The smallest absolute Gasteiger partial charge is 0.272 e. The fraction of sp³-hybridized carbons (Fsp3) is 0.300. The van der Waals surface area contributed by atoms with Gasteiger partial charge >= 0.3 is 0 Å². The summed E-state index contributed by atoms with van der Waals surface area (Å²) < 4.78 is 0. The number of hydrogen-bond donors (Lipinski definition) is 2. The summed E-state index contributed by atoms with van der Waals surface area (Å²) in [4.78, 5) is 51.8. The van der Waals surface area contributed by atoms with E-state index in [1.165, 1.54) is 0 Å². The molecule has 2 aliphatic rings. The monoisotopic (exact) mass is 549 g/mol. The number of aromatic nitrogens is 5. The van der Waals surface area contributed by atoms with E-state index in [1.807, 2.05) is 58.3 Å². The summed E-state index contributed by atoms with van der Waals surface area (Å²) >= 11 is 0. The predicted molar refractivity (Wildman–Crippen MR) is 154 cm³/mol. The summed E-state index contributed by atoms with van der Waals surface area (Å²) in [5, 5.41) is 6.19. The lowest BCUT2D eigenvalue weighted by Crippen LogP contribution is -2.49. The zero-order chi connectivity index (χ0) is 28.1. The van der Waals surface area contributed by atoms with Crippen molar-refractivity contribution >= 4 is 35.2 Å². The first-order valence-electron chi connectivity index (χ1n) is 13.8. The zero-order valence-electron chi connectivity index (χ0n) is 22.6. The van der Waals surface area contributed by atoms with Crippen LogP contribution in [0.2, 0.25) is 0 Å². The molecular weight excluding hydrogens is 518 g/mol. The number of piperidine rings is 2. The molecule has 2 amide bonds. The number of hydrogen-bond acceptors (Lipinski definition) is 9. The van der Waals surface area contributed by atoms with E-state index in [0.29, 0.717) is 55.3 Å². The fourth-order valence-corrected chi connectivity index (χ4v) is 5.47. The largest absolute Gasteiger partial charge is 0.337 e. The predicted octanol–water partition coefficient (Wildman–Crippen LogP) is 4.31. The van der Waals surface area contributed by atoms with Gasteiger partial charge in [-0.2, -0.15) is 0 Å². The molecule has 0 unspecified atom stereocenters. The minimum atomic E-state index is -0.0948. The van der Waals surface area contributed by atoms with Crippen LogP contribution >= 0.6 is 0 Å². The highest BCUT2D eigenvalue weighted by Gasteiger charge is 2.40. The van der Waals surface area contributed by atoms with Crippen molar-refractivity contribution in [2.45, 2.75) is 25.7 Å². The normalized spacial score (nSPS) is 16.3. The molecule has 11 nitrogen and oxygen atoms in total. The van der Waals surface area contributed by atoms with Gasteiger partial charge in [0.2, 0.25) is 11.9 Å². The Hall–Kier alpha value is -4.93. The number of likely N-dealkylation sites (tertiary alicyclic amines) is 2. The Morgan fingerprint density at radius 1 is 0.610 bits per heavy atom. The molecule has 0 radical (unpaired) electrons. The highest BCUT2D eigenvalue weighted by Crippen LogP contribution is 2.41. The van der Waals surface area contributed by atoms with Crippen LogP contribution in [0.1, 0.15) is 46.7 Å². The second-order valence-corrected chi connectivity index (χ2v) is 10.4. The molecule has 1 aromatic carbocycles. The van der Waals surface area contributed by atoms with Gasteiger partial charge in [-0.05, 0) is 67.5 Å². The first kappa shape index (κ1) is 26.3. The van der Waals surface area contributed by atoms with Crippen molar-refractivity contribution in [2.24, 2.45) is 5.41 Å². The van der Waals surface area contributed by atoms with E-state index in [0.717, 1.165) is 31.4 Å². The second kappa shape index (κ2) is 11.7. The third kappa shape index (κ3) is 6.13. The van der Waals surface area contributed by atoms with E-state index < -0.39 is 0 Å². The van der Waals surface area contributed by atoms with Crippen LogP contribution in [0.3, 0.4) is 0 Å². The number of carbonyl (C=O) groups is 2. The zero-order valence-corrected chi connectivity index (χ0v) is 22.6. The summed E-state index contributed by atoms with van der Waals surface area (Å²) in [6.07, 6.45) is 8.51. The SMILES string of the molecule is O=C(c1ccnc(Nc2ccccc2)n1)N1CCC2(CC1)CCN(C(=O)c1ccnc(Nc3ccccn3)n1)CC2. The second-order valence-electron chi connectivity index (χ2n) is 10.4. The van der Waals surface area contributed by atoms with Crippen LogP contribution in [0, 0.1) is 5.41 Å². The molecule has 0 saturated carbocycles. The third-order valence-electron chi connectivity index (χ3n) is 7.91. The molecule has 2 aliphatic heterocycles. The molecule has 6 rings (SSSR count). The number of anilines is 4. The Balaban J connectivity index is 1.02. The quantitative estimate of drug-likeness (QED) is 0.361.